The first kappa shape index (κ1) is 21.3. The van der Waals surface area contributed by atoms with Crippen LogP contribution in [0.15, 0.2) is 30.5 Å². The van der Waals surface area contributed by atoms with Crippen LogP contribution < -0.4 is 0 Å². The Morgan fingerprint density at radius 3 is 2.67 bits per heavy atom. The molecule has 1 amide bonds. The number of amides is 1. The van der Waals surface area contributed by atoms with Crippen molar-refractivity contribution in [3.63, 3.8) is 0 Å². The lowest BCUT2D eigenvalue weighted by atomic mass is 9.84. The number of benzene rings is 1. The number of carbonyl (C=O) groups excluding carboxylic acids is 1. The standard InChI is InChI=1S/C22H26N8O3/c1-15-3-4-16(17(13-15)19-23-26-27-24-19)14-29-9-2-6-22(29)7-11-28(12-8-22)21(33)30-10-5-18(25-30)20(31)32/h3-5,10,13H,2,6-9,11-12,14H2,1H3,(H,31,32)(H,23,24,26,27). The SMILES string of the molecule is Cc1ccc(CN2CCCC23CCN(C(=O)n2ccc(C(=O)O)n2)CC3)c(-c2nnn[nH]2)c1. The van der Waals surface area contributed by atoms with Gasteiger partial charge < -0.3 is 10.0 Å². The van der Waals surface area contributed by atoms with E-state index in [1.54, 1.807) is 4.90 Å². The second-order valence-corrected chi connectivity index (χ2v) is 8.88. The predicted molar refractivity (Wildman–Crippen MR) is 118 cm³/mol. The van der Waals surface area contributed by atoms with E-state index in [4.69, 9.17) is 5.11 Å². The number of aryl methyl sites for hydroxylation is 1. The van der Waals surface area contributed by atoms with Crippen LogP contribution in [0, 0.1) is 6.92 Å². The molecule has 2 aliphatic rings. The Morgan fingerprint density at radius 1 is 1.15 bits per heavy atom. The van der Waals surface area contributed by atoms with Gasteiger partial charge in [0.1, 0.15) is 0 Å². The highest BCUT2D eigenvalue weighted by atomic mass is 16.4. The molecule has 1 spiro atoms. The van der Waals surface area contributed by atoms with Crippen molar-refractivity contribution in [3.05, 3.63) is 47.3 Å². The number of aromatic nitrogens is 6. The molecule has 11 nitrogen and oxygen atoms in total. The van der Waals surface area contributed by atoms with Crippen LogP contribution in [-0.2, 0) is 6.54 Å². The third-order valence-electron chi connectivity index (χ3n) is 6.94. The summed E-state index contributed by atoms with van der Waals surface area (Å²) in [5, 5.41) is 27.4. The highest BCUT2D eigenvalue weighted by Gasteiger charge is 2.44. The summed E-state index contributed by atoms with van der Waals surface area (Å²) in [5.74, 6) is -0.473. The Hall–Kier alpha value is -3.60. The molecule has 172 valence electrons. The molecular formula is C22H26N8O3. The zero-order valence-electron chi connectivity index (χ0n) is 18.4. The number of likely N-dealkylation sites (tertiary alicyclic amines) is 2. The van der Waals surface area contributed by atoms with Crippen molar-refractivity contribution in [1.82, 2.24) is 40.2 Å². The fraction of sp³-hybridized carbons (Fsp3) is 0.455. The molecule has 2 N–H and O–H groups in total. The van der Waals surface area contributed by atoms with E-state index in [2.05, 4.69) is 55.7 Å². The summed E-state index contributed by atoms with van der Waals surface area (Å²) < 4.78 is 1.12. The molecule has 0 unspecified atom stereocenters. The van der Waals surface area contributed by atoms with Crippen LogP contribution in [0.4, 0.5) is 4.79 Å². The Labute approximate surface area is 190 Å². The first-order valence-corrected chi connectivity index (χ1v) is 11.1. The van der Waals surface area contributed by atoms with Gasteiger partial charge in [-0.15, -0.1) is 5.10 Å². The van der Waals surface area contributed by atoms with Crippen molar-refractivity contribution in [1.29, 1.82) is 0 Å². The summed E-state index contributed by atoms with van der Waals surface area (Å²) in [7, 11) is 0. The molecule has 2 aromatic heterocycles. The molecular weight excluding hydrogens is 424 g/mol. The molecule has 5 rings (SSSR count). The highest BCUT2D eigenvalue weighted by Crippen LogP contribution is 2.40. The van der Waals surface area contributed by atoms with Gasteiger partial charge in [0.05, 0.1) is 0 Å². The quantitative estimate of drug-likeness (QED) is 0.618. The topological polar surface area (TPSA) is 133 Å². The molecule has 0 atom stereocenters. The molecule has 2 aliphatic heterocycles. The number of carboxylic acid groups (broad SMARTS) is 1. The molecule has 0 bridgehead atoms. The van der Waals surface area contributed by atoms with Crippen LogP contribution in [0.1, 0.15) is 47.3 Å². The summed E-state index contributed by atoms with van der Waals surface area (Å²) >= 11 is 0. The summed E-state index contributed by atoms with van der Waals surface area (Å²) in [6, 6.07) is 7.43. The maximum absolute atomic E-state index is 12.8. The molecule has 0 radical (unpaired) electrons. The highest BCUT2D eigenvalue weighted by molar-refractivity contribution is 5.86. The number of nitrogens with zero attached hydrogens (tertiary/aromatic N) is 7. The summed E-state index contributed by atoms with van der Waals surface area (Å²) in [4.78, 5) is 28.2. The molecule has 11 heteroatoms. The molecule has 1 aromatic carbocycles. The number of aromatic amines is 1. The molecule has 0 aliphatic carbocycles. The molecule has 2 saturated heterocycles. The number of carboxylic acids is 1. The number of piperidine rings is 1. The van der Waals surface area contributed by atoms with Gasteiger partial charge in [-0.2, -0.15) is 9.78 Å². The van der Waals surface area contributed by atoms with E-state index >= 15 is 0 Å². The van der Waals surface area contributed by atoms with Crippen LogP contribution in [-0.4, -0.2) is 82.5 Å². The summed E-state index contributed by atoms with van der Waals surface area (Å²) in [6.45, 7) is 5.09. The van der Waals surface area contributed by atoms with E-state index in [1.807, 2.05) is 0 Å². The third kappa shape index (κ3) is 3.99. The van der Waals surface area contributed by atoms with Crippen LogP contribution in [0.3, 0.4) is 0 Å². The van der Waals surface area contributed by atoms with E-state index in [1.165, 1.54) is 17.8 Å². The number of hydrogen-bond donors (Lipinski definition) is 2. The predicted octanol–water partition coefficient (Wildman–Crippen LogP) is 2.17. The Kier molecular flexibility index (Phi) is 5.41. The number of H-pyrrole nitrogens is 1. The minimum Gasteiger partial charge on any atom is -0.476 e. The smallest absolute Gasteiger partial charge is 0.356 e. The average molecular weight is 451 g/mol. The number of aromatic carboxylic acids is 1. The van der Waals surface area contributed by atoms with Gasteiger partial charge in [0.15, 0.2) is 11.5 Å². The Morgan fingerprint density at radius 2 is 1.97 bits per heavy atom. The molecule has 3 aromatic rings. The molecule has 0 saturated carbocycles. The fourth-order valence-corrected chi connectivity index (χ4v) is 5.14. The van der Waals surface area contributed by atoms with Gasteiger partial charge in [-0.05, 0) is 67.3 Å². The van der Waals surface area contributed by atoms with Crippen LogP contribution in [0.25, 0.3) is 11.4 Å². The van der Waals surface area contributed by atoms with Gasteiger partial charge in [-0.3, -0.25) is 4.90 Å². The monoisotopic (exact) mass is 450 g/mol. The zero-order valence-corrected chi connectivity index (χ0v) is 18.4. The normalized spacial score (nSPS) is 18.2. The van der Waals surface area contributed by atoms with E-state index in [9.17, 15) is 9.59 Å². The first-order valence-electron chi connectivity index (χ1n) is 11.1. The lowest BCUT2D eigenvalue weighted by molar-refractivity contribution is 0.0585. The van der Waals surface area contributed by atoms with Crippen molar-refractivity contribution < 1.29 is 14.7 Å². The average Bonchev–Trinajstić information content (AvgIpc) is 3.57. The van der Waals surface area contributed by atoms with Crippen molar-refractivity contribution in [2.24, 2.45) is 0 Å². The number of nitrogens with one attached hydrogen (secondary N) is 1. The molecule has 2 fully saturated rings. The lowest BCUT2D eigenvalue weighted by Gasteiger charge is -2.45. The number of rotatable bonds is 4. The fourth-order valence-electron chi connectivity index (χ4n) is 5.14. The zero-order chi connectivity index (χ0) is 23.0. The van der Waals surface area contributed by atoms with Gasteiger partial charge in [0.2, 0.25) is 0 Å². The summed E-state index contributed by atoms with van der Waals surface area (Å²) in [5.41, 5.74) is 3.27. The van der Waals surface area contributed by atoms with Crippen molar-refractivity contribution in [2.75, 3.05) is 19.6 Å². The minimum atomic E-state index is -1.14. The van der Waals surface area contributed by atoms with Gasteiger partial charge >= 0.3 is 12.0 Å². The van der Waals surface area contributed by atoms with Crippen LogP contribution >= 0.6 is 0 Å². The van der Waals surface area contributed by atoms with Gasteiger partial charge in [-0.25, -0.2) is 14.7 Å². The van der Waals surface area contributed by atoms with E-state index in [0.717, 1.165) is 54.6 Å². The van der Waals surface area contributed by atoms with Crippen LogP contribution in [0.2, 0.25) is 0 Å². The van der Waals surface area contributed by atoms with E-state index < -0.39 is 5.97 Å². The second kappa shape index (κ2) is 8.39. The van der Waals surface area contributed by atoms with Crippen LogP contribution in [0.5, 0.6) is 0 Å². The van der Waals surface area contributed by atoms with Gasteiger partial charge in [0.25, 0.3) is 0 Å². The summed E-state index contributed by atoms with van der Waals surface area (Å²) in [6.07, 6.45) is 5.38. The maximum atomic E-state index is 12.8. The first-order chi connectivity index (χ1) is 15.9. The Balaban J connectivity index is 1.30. The molecule has 4 heterocycles. The largest absolute Gasteiger partial charge is 0.476 e. The number of carbonyl (C=O) groups is 2. The maximum Gasteiger partial charge on any atom is 0.356 e. The van der Waals surface area contributed by atoms with Gasteiger partial charge in [0, 0.05) is 36.9 Å². The van der Waals surface area contributed by atoms with E-state index in [-0.39, 0.29) is 17.3 Å². The minimum absolute atomic E-state index is 0.0505. The molecule has 33 heavy (non-hydrogen) atoms. The number of hydrogen-bond acceptors (Lipinski definition) is 7. The Bertz CT molecular complexity index is 1160. The second-order valence-electron chi connectivity index (χ2n) is 8.88. The lowest BCUT2D eigenvalue weighted by Crippen LogP contribution is -2.53. The van der Waals surface area contributed by atoms with E-state index in [0.29, 0.717) is 18.9 Å². The van der Waals surface area contributed by atoms with Crippen molar-refractivity contribution in [2.45, 2.75) is 44.7 Å². The van der Waals surface area contributed by atoms with Gasteiger partial charge in [-0.1, -0.05) is 17.7 Å². The number of tetrazole rings is 1. The van der Waals surface area contributed by atoms with Crippen molar-refractivity contribution in [3.8, 4) is 11.4 Å². The van der Waals surface area contributed by atoms with Crippen molar-refractivity contribution >= 4 is 12.0 Å². The third-order valence-corrected chi connectivity index (χ3v) is 6.94.